The smallest absolute Gasteiger partial charge is 0.264 e. The normalized spacial score (nSPS) is 17.2. The highest BCUT2D eigenvalue weighted by atomic mass is 35.5. The second-order valence-electron chi connectivity index (χ2n) is 5.30. The zero-order valence-electron chi connectivity index (χ0n) is 13.5. The molecule has 0 atom stereocenters. The predicted molar refractivity (Wildman–Crippen MR) is 102 cm³/mol. The molecule has 1 saturated heterocycles. The fourth-order valence-electron chi connectivity index (χ4n) is 2.24. The van der Waals surface area contributed by atoms with Gasteiger partial charge in [0.1, 0.15) is 0 Å². The largest absolute Gasteiger partial charge is 0.504 e. The first kappa shape index (κ1) is 17.4. The number of nitrogens with one attached hydrogen (secondary N) is 1. The van der Waals surface area contributed by atoms with Gasteiger partial charge in [-0.1, -0.05) is 23.7 Å². The van der Waals surface area contributed by atoms with Gasteiger partial charge >= 0.3 is 0 Å². The summed E-state index contributed by atoms with van der Waals surface area (Å²) in [4.78, 5) is 17.1. The molecule has 0 unspecified atom stereocenters. The maximum Gasteiger partial charge on any atom is 0.264 e. The number of halogens is 1. The summed E-state index contributed by atoms with van der Waals surface area (Å²) < 4.78 is 5.08. The van der Waals surface area contributed by atoms with Crippen molar-refractivity contribution in [1.29, 1.82) is 0 Å². The monoisotopic (exact) mass is 374 g/mol. The molecule has 2 N–H and O–H groups in total. The highest BCUT2D eigenvalue weighted by molar-refractivity contribution is 8.18. The van der Waals surface area contributed by atoms with Crippen LogP contribution in [0.25, 0.3) is 6.08 Å². The minimum atomic E-state index is -0.226. The summed E-state index contributed by atoms with van der Waals surface area (Å²) in [6.07, 6.45) is 1.72. The molecule has 1 amide bonds. The SMILES string of the molecule is COc1cc(C=C2SC(=Nc3cccc(Cl)c3C)NC2=O)ccc1O. The fraction of sp³-hybridized carbons (Fsp3) is 0.111. The second kappa shape index (κ2) is 7.21. The van der Waals surface area contributed by atoms with Crippen LogP contribution in [0.15, 0.2) is 46.3 Å². The van der Waals surface area contributed by atoms with Crippen molar-refractivity contribution in [3.05, 3.63) is 57.5 Å². The number of ether oxygens (including phenoxy) is 1. The van der Waals surface area contributed by atoms with Crippen molar-refractivity contribution in [1.82, 2.24) is 5.32 Å². The van der Waals surface area contributed by atoms with Crippen molar-refractivity contribution >= 4 is 46.2 Å². The van der Waals surface area contributed by atoms with Crippen molar-refractivity contribution in [2.24, 2.45) is 4.99 Å². The topological polar surface area (TPSA) is 70.9 Å². The van der Waals surface area contributed by atoms with Crippen LogP contribution in [-0.2, 0) is 4.79 Å². The van der Waals surface area contributed by atoms with Gasteiger partial charge in [0.25, 0.3) is 5.91 Å². The van der Waals surface area contributed by atoms with Gasteiger partial charge in [-0.05, 0) is 60.2 Å². The number of benzene rings is 2. The molecular weight excluding hydrogens is 360 g/mol. The molecule has 0 radical (unpaired) electrons. The summed E-state index contributed by atoms with van der Waals surface area (Å²) in [7, 11) is 1.47. The lowest BCUT2D eigenvalue weighted by Crippen LogP contribution is -2.19. The van der Waals surface area contributed by atoms with Gasteiger partial charge in [0.15, 0.2) is 16.7 Å². The average molecular weight is 375 g/mol. The van der Waals surface area contributed by atoms with Gasteiger partial charge in [-0.25, -0.2) is 4.99 Å². The van der Waals surface area contributed by atoms with E-state index in [1.807, 2.05) is 19.1 Å². The van der Waals surface area contributed by atoms with E-state index in [0.29, 0.717) is 26.5 Å². The van der Waals surface area contributed by atoms with Crippen LogP contribution in [0.3, 0.4) is 0 Å². The number of phenols is 1. The van der Waals surface area contributed by atoms with Crippen molar-refractivity contribution in [2.75, 3.05) is 7.11 Å². The van der Waals surface area contributed by atoms with Crippen LogP contribution in [0, 0.1) is 6.92 Å². The molecule has 1 fully saturated rings. The number of hydrogen-bond acceptors (Lipinski definition) is 5. The Labute approximate surface area is 154 Å². The number of hydrogen-bond donors (Lipinski definition) is 2. The van der Waals surface area contributed by atoms with Crippen LogP contribution in [0.1, 0.15) is 11.1 Å². The molecule has 1 aliphatic rings. The minimum absolute atomic E-state index is 0.0480. The summed E-state index contributed by atoms with van der Waals surface area (Å²) >= 11 is 7.34. The van der Waals surface area contributed by atoms with Gasteiger partial charge < -0.3 is 15.2 Å². The standard InChI is InChI=1S/C18H15ClN2O3S/c1-10-12(19)4-3-5-13(10)20-18-21-17(23)16(25-18)9-11-6-7-14(22)15(8-11)24-2/h3-9,22H,1-2H3,(H,20,21,23). The van der Waals surface area contributed by atoms with E-state index < -0.39 is 0 Å². The molecule has 0 bridgehead atoms. The molecule has 0 saturated carbocycles. The first-order chi connectivity index (χ1) is 12.0. The Morgan fingerprint density at radius 3 is 2.88 bits per heavy atom. The Morgan fingerprint density at radius 1 is 1.32 bits per heavy atom. The molecule has 25 heavy (non-hydrogen) atoms. The number of nitrogens with zero attached hydrogens (tertiary/aromatic N) is 1. The Balaban J connectivity index is 1.87. The van der Waals surface area contributed by atoms with Crippen molar-refractivity contribution in [3.8, 4) is 11.5 Å². The average Bonchev–Trinajstić information content (AvgIpc) is 2.93. The first-order valence-corrected chi connectivity index (χ1v) is 8.59. The summed E-state index contributed by atoms with van der Waals surface area (Å²) in [6, 6.07) is 10.3. The summed E-state index contributed by atoms with van der Waals surface area (Å²) in [5, 5.41) is 13.5. The Morgan fingerprint density at radius 2 is 2.12 bits per heavy atom. The van der Waals surface area contributed by atoms with Gasteiger partial charge in [-0.15, -0.1) is 0 Å². The van der Waals surface area contributed by atoms with Gasteiger partial charge in [-0.3, -0.25) is 4.79 Å². The number of methoxy groups -OCH3 is 1. The molecule has 128 valence electrons. The Bertz CT molecular complexity index is 909. The number of aliphatic imine (C=N–C) groups is 1. The lowest BCUT2D eigenvalue weighted by atomic mass is 10.2. The first-order valence-electron chi connectivity index (χ1n) is 7.39. The molecule has 2 aromatic rings. The van der Waals surface area contributed by atoms with E-state index in [1.165, 1.54) is 24.9 Å². The molecule has 2 aromatic carbocycles. The summed E-state index contributed by atoms with van der Waals surface area (Å²) in [6.45, 7) is 1.88. The Kier molecular flexibility index (Phi) is 5.01. The number of thioether (sulfide) groups is 1. The van der Waals surface area contributed by atoms with E-state index in [-0.39, 0.29) is 11.7 Å². The van der Waals surface area contributed by atoms with Gasteiger partial charge in [0.05, 0.1) is 17.7 Å². The number of carbonyl (C=O) groups excluding carboxylic acids is 1. The summed E-state index contributed by atoms with van der Waals surface area (Å²) in [5.74, 6) is 0.170. The zero-order chi connectivity index (χ0) is 18.0. The number of rotatable bonds is 3. The van der Waals surface area contributed by atoms with Crippen LogP contribution in [0.4, 0.5) is 5.69 Å². The maximum atomic E-state index is 12.2. The summed E-state index contributed by atoms with van der Waals surface area (Å²) in [5.41, 5.74) is 2.31. The third-order valence-electron chi connectivity index (χ3n) is 3.61. The molecule has 5 nitrogen and oxygen atoms in total. The van der Waals surface area contributed by atoms with E-state index in [2.05, 4.69) is 10.3 Å². The van der Waals surface area contributed by atoms with E-state index in [1.54, 1.807) is 24.3 Å². The third kappa shape index (κ3) is 3.81. The van der Waals surface area contributed by atoms with Crippen LogP contribution in [-0.4, -0.2) is 23.3 Å². The molecule has 1 aliphatic heterocycles. The molecule has 1 heterocycles. The van der Waals surface area contributed by atoms with Gasteiger partial charge in [0.2, 0.25) is 0 Å². The van der Waals surface area contributed by atoms with Crippen LogP contribution >= 0.6 is 23.4 Å². The number of amides is 1. The molecule has 0 aliphatic carbocycles. The van der Waals surface area contributed by atoms with Crippen LogP contribution in [0.5, 0.6) is 11.5 Å². The lowest BCUT2D eigenvalue weighted by molar-refractivity contribution is -0.115. The van der Waals surface area contributed by atoms with Gasteiger partial charge in [-0.2, -0.15) is 0 Å². The predicted octanol–water partition coefficient (Wildman–Crippen LogP) is 4.25. The van der Waals surface area contributed by atoms with E-state index in [0.717, 1.165) is 11.1 Å². The minimum Gasteiger partial charge on any atom is -0.504 e. The number of carbonyl (C=O) groups is 1. The molecule has 0 aromatic heterocycles. The van der Waals surface area contributed by atoms with E-state index in [9.17, 15) is 9.90 Å². The Hall–Kier alpha value is -2.44. The third-order valence-corrected chi connectivity index (χ3v) is 4.93. The van der Waals surface area contributed by atoms with E-state index in [4.69, 9.17) is 16.3 Å². The number of phenolic OH excluding ortho intramolecular Hbond substituents is 1. The molecular formula is C18H15ClN2O3S. The van der Waals surface area contributed by atoms with Gasteiger partial charge in [0, 0.05) is 5.02 Å². The molecule has 3 rings (SSSR count). The maximum absolute atomic E-state index is 12.2. The highest BCUT2D eigenvalue weighted by Crippen LogP contribution is 2.32. The quantitative estimate of drug-likeness (QED) is 0.788. The molecule has 7 heteroatoms. The number of amidine groups is 1. The molecule has 0 spiro atoms. The second-order valence-corrected chi connectivity index (χ2v) is 6.73. The van der Waals surface area contributed by atoms with Crippen LogP contribution < -0.4 is 10.1 Å². The van der Waals surface area contributed by atoms with E-state index >= 15 is 0 Å². The fourth-order valence-corrected chi connectivity index (χ4v) is 3.25. The van der Waals surface area contributed by atoms with Crippen molar-refractivity contribution in [2.45, 2.75) is 6.92 Å². The zero-order valence-corrected chi connectivity index (χ0v) is 15.1. The highest BCUT2D eigenvalue weighted by Gasteiger charge is 2.24. The van der Waals surface area contributed by atoms with Crippen LogP contribution in [0.2, 0.25) is 5.02 Å². The lowest BCUT2D eigenvalue weighted by Gasteiger charge is -2.04. The number of aromatic hydroxyl groups is 1. The van der Waals surface area contributed by atoms with Crippen molar-refractivity contribution in [3.63, 3.8) is 0 Å². The van der Waals surface area contributed by atoms with Crippen molar-refractivity contribution < 1.29 is 14.6 Å².